The predicted molar refractivity (Wildman–Crippen MR) is 62.0 cm³/mol. The highest BCUT2D eigenvalue weighted by molar-refractivity contribution is 5.67. The van der Waals surface area contributed by atoms with Gasteiger partial charge < -0.3 is 14.6 Å². The van der Waals surface area contributed by atoms with E-state index in [0.29, 0.717) is 19.3 Å². The molecule has 0 aromatic heterocycles. The number of rotatable bonds is 4. The minimum atomic E-state index is -0.758. The van der Waals surface area contributed by atoms with Crippen molar-refractivity contribution in [3.8, 4) is 0 Å². The molecule has 0 aromatic rings. The Hall–Kier alpha value is -0.650. The van der Waals surface area contributed by atoms with Gasteiger partial charge in [0.2, 0.25) is 0 Å². The first-order chi connectivity index (χ1) is 8.15. The maximum Gasteiger partial charge on any atom is 0.305 e. The van der Waals surface area contributed by atoms with Crippen LogP contribution in [0.3, 0.4) is 0 Å². The van der Waals surface area contributed by atoms with Crippen LogP contribution in [0.15, 0.2) is 0 Å². The Morgan fingerprint density at radius 3 is 2.94 bits per heavy atom. The molecule has 5 nitrogen and oxygen atoms in total. The molecule has 0 aromatic carbocycles. The molecule has 17 heavy (non-hydrogen) atoms. The zero-order chi connectivity index (χ0) is 12.3. The lowest BCUT2D eigenvalue weighted by atomic mass is 10.1. The molecule has 2 rings (SSSR count). The third-order valence-electron chi connectivity index (χ3n) is 3.52. The summed E-state index contributed by atoms with van der Waals surface area (Å²) in [6, 6.07) is 0.000700. The van der Waals surface area contributed by atoms with Crippen molar-refractivity contribution in [3.05, 3.63) is 0 Å². The number of hydrogen-bond donors (Lipinski definition) is 1. The summed E-state index contributed by atoms with van der Waals surface area (Å²) in [5.74, 6) is -0.758. The Balaban J connectivity index is 1.85. The molecule has 0 amide bonds. The van der Waals surface area contributed by atoms with Gasteiger partial charge in [0.25, 0.3) is 0 Å². The van der Waals surface area contributed by atoms with Gasteiger partial charge in [-0.15, -0.1) is 0 Å². The first-order valence-corrected chi connectivity index (χ1v) is 6.34. The zero-order valence-corrected chi connectivity index (χ0v) is 10.3. The second-order valence-corrected chi connectivity index (χ2v) is 4.97. The van der Waals surface area contributed by atoms with Crippen molar-refractivity contribution in [3.63, 3.8) is 0 Å². The van der Waals surface area contributed by atoms with Crippen LogP contribution in [0.4, 0.5) is 0 Å². The number of aliphatic carboxylic acids is 1. The largest absolute Gasteiger partial charge is 0.481 e. The number of nitrogens with zero attached hydrogens (tertiary/aromatic N) is 1. The molecule has 2 aliphatic rings. The van der Waals surface area contributed by atoms with E-state index in [0.717, 1.165) is 25.9 Å². The van der Waals surface area contributed by atoms with E-state index in [2.05, 4.69) is 11.8 Å². The van der Waals surface area contributed by atoms with Gasteiger partial charge in [-0.1, -0.05) is 0 Å². The monoisotopic (exact) mass is 243 g/mol. The molecule has 5 heteroatoms. The van der Waals surface area contributed by atoms with Gasteiger partial charge in [0.15, 0.2) is 0 Å². The summed E-state index contributed by atoms with van der Waals surface area (Å²) in [6.07, 6.45) is 2.96. The molecule has 2 fully saturated rings. The Bertz CT molecular complexity index is 271. The lowest BCUT2D eigenvalue weighted by Gasteiger charge is -2.36. The molecule has 0 aliphatic carbocycles. The molecule has 0 radical (unpaired) electrons. The maximum atomic E-state index is 10.8. The number of hydrogen-bond acceptors (Lipinski definition) is 4. The van der Waals surface area contributed by atoms with Crippen molar-refractivity contribution < 1.29 is 19.4 Å². The average molecular weight is 243 g/mol. The molecule has 2 aliphatic heterocycles. The zero-order valence-electron chi connectivity index (χ0n) is 10.3. The number of morpholine rings is 1. The Morgan fingerprint density at radius 2 is 2.29 bits per heavy atom. The minimum absolute atomic E-state index is 0.000700. The van der Waals surface area contributed by atoms with Crippen LogP contribution in [0.25, 0.3) is 0 Å². The number of carboxylic acid groups (broad SMARTS) is 1. The van der Waals surface area contributed by atoms with E-state index in [9.17, 15) is 4.79 Å². The van der Waals surface area contributed by atoms with Crippen LogP contribution >= 0.6 is 0 Å². The Labute approximate surface area is 102 Å². The fourth-order valence-electron chi connectivity index (χ4n) is 2.60. The highest BCUT2D eigenvalue weighted by atomic mass is 16.5. The average Bonchev–Trinajstić information content (AvgIpc) is 2.66. The van der Waals surface area contributed by atoms with Gasteiger partial charge in [-0.05, 0) is 19.8 Å². The van der Waals surface area contributed by atoms with Gasteiger partial charge in [-0.25, -0.2) is 0 Å². The molecule has 1 N–H and O–H groups in total. The molecular formula is C12H21NO4. The summed E-state index contributed by atoms with van der Waals surface area (Å²) in [5.41, 5.74) is 0. The van der Waals surface area contributed by atoms with E-state index in [4.69, 9.17) is 14.6 Å². The van der Waals surface area contributed by atoms with Crippen molar-refractivity contribution in [1.82, 2.24) is 4.90 Å². The van der Waals surface area contributed by atoms with E-state index >= 15 is 0 Å². The lowest BCUT2D eigenvalue weighted by Crippen LogP contribution is -2.49. The molecule has 2 heterocycles. The number of carbonyl (C=O) groups is 1. The fraction of sp³-hybridized carbons (Fsp3) is 0.917. The smallest absolute Gasteiger partial charge is 0.305 e. The van der Waals surface area contributed by atoms with E-state index in [1.54, 1.807) is 0 Å². The number of carboxylic acids is 1. The summed E-state index contributed by atoms with van der Waals surface area (Å²) < 4.78 is 11.1. The van der Waals surface area contributed by atoms with Gasteiger partial charge in [0.1, 0.15) is 0 Å². The van der Waals surface area contributed by atoms with Gasteiger partial charge in [0, 0.05) is 19.1 Å². The summed E-state index contributed by atoms with van der Waals surface area (Å²) in [5, 5.41) is 8.87. The molecular weight excluding hydrogens is 222 g/mol. The second kappa shape index (κ2) is 5.80. The van der Waals surface area contributed by atoms with Crippen molar-refractivity contribution in [2.75, 3.05) is 26.3 Å². The number of ether oxygens (including phenoxy) is 2. The third-order valence-corrected chi connectivity index (χ3v) is 3.52. The molecule has 2 saturated heterocycles. The normalized spacial score (nSPS) is 35.0. The Kier molecular flexibility index (Phi) is 4.36. The van der Waals surface area contributed by atoms with Crippen LogP contribution in [-0.4, -0.2) is 60.5 Å². The third kappa shape index (κ3) is 3.66. The molecule has 0 saturated carbocycles. The van der Waals surface area contributed by atoms with Gasteiger partial charge >= 0.3 is 5.97 Å². The van der Waals surface area contributed by atoms with Crippen LogP contribution in [0.2, 0.25) is 0 Å². The molecule has 3 atom stereocenters. The van der Waals surface area contributed by atoms with Crippen molar-refractivity contribution in [2.45, 2.75) is 44.4 Å². The fourth-order valence-corrected chi connectivity index (χ4v) is 2.60. The van der Waals surface area contributed by atoms with E-state index in [-0.39, 0.29) is 18.6 Å². The summed E-state index contributed by atoms with van der Waals surface area (Å²) in [7, 11) is 0. The van der Waals surface area contributed by atoms with Crippen LogP contribution < -0.4 is 0 Å². The molecule has 3 unspecified atom stereocenters. The quantitative estimate of drug-likeness (QED) is 0.788. The minimum Gasteiger partial charge on any atom is -0.481 e. The first-order valence-electron chi connectivity index (χ1n) is 6.34. The first kappa shape index (κ1) is 12.8. The van der Waals surface area contributed by atoms with Crippen molar-refractivity contribution >= 4 is 5.97 Å². The highest BCUT2D eigenvalue weighted by Gasteiger charge is 2.30. The topological polar surface area (TPSA) is 59.0 Å². The highest BCUT2D eigenvalue weighted by Crippen LogP contribution is 2.22. The van der Waals surface area contributed by atoms with Crippen LogP contribution in [-0.2, 0) is 14.3 Å². The second-order valence-electron chi connectivity index (χ2n) is 4.97. The lowest BCUT2D eigenvalue weighted by molar-refractivity contribution is -0.140. The molecule has 0 bridgehead atoms. The van der Waals surface area contributed by atoms with Crippen molar-refractivity contribution in [2.24, 2.45) is 0 Å². The van der Waals surface area contributed by atoms with Gasteiger partial charge in [-0.2, -0.15) is 0 Å². The van der Waals surface area contributed by atoms with Crippen LogP contribution in [0, 0.1) is 0 Å². The van der Waals surface area contributed by atoms with Gasteiger partial charge in [0.05, 0.1) is 31.8 Å². The summed E-state index contributed by atoms with van der Waals surface area (Å²) in [6.45, 7) is 4.96. The Morgan fingerprint density at radius 1 is 1.47 bits per heavy atom. The van der Waals surface area contributed by atoms with E-state index in [1.807, 2.05) is 0 Å². The summed E-state index contributed by atoms with van der Waals surface area (Å²) >= 11 is 0. The molecule has 0 spiro atoms. The van der Waals surface area contributed by atoms with Gasteiger partial charge in [-0.3, -0.25) is 9.69 Å². The maximum absolute atomic E-state index is 10.8. The van der Waals surface area contributed by atoms with Crippen LogP contribution in [0.1, 0.15) is 26.2 Å². The SMILES string of the molecule is CC1CCC(CN2CCOCC2CC(=O)O)O1. The van der Waals surface area contributed by atoms with Crippen molar-refractivity contribution in [1.29, 1.82) is 0 Å². The predicted octanol–water partition coefficient (Wildman–Crippen LogP) is 0.729. The summed E-state index contributed by atoms with van der Waals surface area (Å²) in [4.78, 5) is 13.0. The van der Waals surface area contributed by atoms with E-state index < -0.39 is 5.97 Å². The standard InChI is InChI=1S/C12H21NO4/c1-9-2-3-11(17-9)7-13-4-5-16-8-10(13)6-12(14)15/h9-11H,2-8H2,1H3,(H,14,15). The van der Waals surface area contributed by atoms with Crippen LogP contribution in [0.5, 0.6) is 0 Å². The van der Waals surface area contributed by atoms with E-state index in [1.165, 1.54) is 0 Å². The molecule has 98 valence electrons.